The Bertz CT molecular complexity index is 635. The number of rotatable bonds is 18. The third-order valence-corrected chi connectivity index (χ3v) is 6.41. The van der Waals surface area contributed by atoms with Crippen LogP contribution >= 0.6 is 0 Å². The van der Waals surface area contributed by atoms with Crippen LogP contribution in [0.2, 0.25) is 0 Å². The number of nitrogens with two attached hydrogens (primary N) is 3. The molecule has 0 aromatic heterocycles. The van der Waals surface area contributed by atoms with E-state index < -0.39 is 30.4 Å². The van der Waals surface area contributed by atoms with E-state index in [1.165, 1.54) is 0 Å². The van der Waals surface area contributed by atoms with Crippen molar-refractivity contribution in [1.82, 2.24) is 0 Å². The first-order chi connectivity index (χ1) is 15.2. The van der Waals surface area contributed by atoms with Gasteiger partial charge >= 0.3 is 17.4 Å². The maximum absolute atomic E-state index is 10.1. The van der Waals surface area contributed by atoms with Gasteiger partial charge < -0.3 is 30.9 Å². The second kappa shape index (κ2) is 26.2. The summed E-state index contributed by atoms with van der Waals surface area (Å²) in [5.74, 6) is -0.716. The third kappa shape index (κ3) is 53.5. The van der Waals surface area contributed by atoms with Crippen molar-refractivity contribution in [2.24, 2.45) is 17.2 Å². The second-order valence-corrected chi connectivity index (χ2v) is 12.0. The zero-order chi connectivity index (χ0) is 26.2. The van der Waals surface area contributed by atoms with Gasteiger partial charge in [-0.05, 0) is 58.2 Å². The van der Waals surface area contributed by atoms with Crippen LogP contribution in [0.4, 0.5) is 0 Å². The van der Waals surface area contributed by atoms with E-state index in [0.29, 0.717) is 38.9 Å². The predicted molar refractivity (Wildman–Crippen MR) is 132 cm³/mol. The summed E-state index contributed by atoms with van der Waals surface area (Å²) in [5, 5.41) is 0. The summed E-state index contributed by atoms with van der Waals surface area (Å²) in [5.41, 5.74) is 15.6. The maximum atomic E-state index is 10.1. The quantitative estimate of drug-likeness (QED) is 0.110. The summed E-state index contributed by atoms with van der Waals surface area (Å²) >= 11 is 0. The molecule has 0 spiro atoms. The standard InChI is InChI=1S/3C6H15NO3S.Al/c3*7-5-3-1-2-4-6-11(8,9)10;/h3*1-7H2,(H,8,9,10);/q;;;+3/p-3. The van der Waals surface area contributed by atoms with Gasteiger partial charge in [-0.2, -0.15) is 0 Å². The molecule has 0 saturated carbocycles. The minimum absolute atomic E-state index is 0. The fourth-order valence-electron chi connectivity index (χ4n) is 2.33. The van der Waals surface area contributed by atoms with Crippen LogP contribution in [0.1, 0.15) is 77.0 Å². The van der Waals surface area contributed by atoms with Gasteiger partial charge in [0.2, 0.25) is 0 Å². The van der Waals surface area contributed by atoms with Crippen molar-refractivity contribution in [2.75, 3.05) is 36.9 Å². The van der Waals surface area contributed by atoms with Gasteiger partial charge in [-0.3, -0.25) is 0 Å². The molecular formula is C18H42AlN3O9S3. The summed E-state index contributed by atoms with van der Waals surface area (Å²) in [6.07, 6.45) is 9.15. The van der Waals surface area contributed by atoms with Crippen molar-refractivity contribution in [3.05, 3.63) is 0 Å². The molecule has 16 heteroatoms. The molecular weight excluding hydrogens is 525 g/mol. The molecule has 0 amide bonds. The van der Waals surface area contributed by atoms with E-state index >= 15 is 0 Å². The molecule has 0 fully saturated rings. The minimum atomic E-state index is -3.99. The smallest absolute Gasteiger partial charge is 0.748 e. The molecule has 0 aromatic rings. The summed E-state index contributed by atoms with van der Waals surface area (Å²) in [4.78, 5) is 0. The third-order valence-electron chi connectivity index (χ3n) is 4.05. The van der Waals surface area contributed by atoms with Gasteiger partial charge in [0.05, 0.1) is 30.4 Å². The molecule has 6 N–H and O–H groups in total. The Balaban J connectivity index is -0.000000196. The zero-order valence-corrected chi connectivity index (χ0v) is 23.5. The van der Waals surface area contributed by atoms with Gasteiger partial charge in [-0.25, -0.2) is 25.3 Å². The Morgan fingerprint density at radius 1 is 0.382 bits per heavy atom. The SMILES string of the molecule is NCCCCCCS(=O)(=O)[O-].NCCCCCCS(=O)(=O)[O-].NCCCCCCS(=O)(=O)[O-].[Al+3]. The summed E-state index contributed by atoms with van der Waals surface area (Å²) in [6, 6.07) is 0. The monoisotopic (exact) mass is 567 g/mol. The molecule has 204 valence electrons. The average molecular weight is 568 g/mol. The van der Waals surface area contributed by atoms with Crippen LogP contribution in [0, 0.1) is 0 Å². The van der Waals surface area contributed by atoms with Crippen LogP contribution in [-0.4, -0.2) is 93.2 Å². The summed E-state index contributed by atoms with van der Waals surface area (Å²) in [6.45, 7) is 1.89. The number of hydrogen-bond donors (Lipinski definition) is 3. The van der Waals surface area contributed by atoms with E-state index in [9.17, 15) is 38.9 Å². The van der Waals surface area contributed by atoms with Gasteiger partial charge in [-0.1, -0.05) is 38.5 Å². The van der Waals surface area contributed by atoms with Gasteiger partial charge in [0.1, 0.15) is 0 Å². The van der Waals surface area contributed by atoms with Crippen LogP contribution in [-0.2, 0) is 30.4 Å². The molecule has 0 heterocycles. The van der Waals surface area contributed by atoms with E-state index in [0.717, 1.165) is 57.8 Å². The Hall–Kier alpha value is 0.142. The summed E-state index contributed by atoms with van der Waals surface area (Å²) < 4.78 is 90.8. The largest absolute Gasteiger partial charge is 3.00 e. The topological polar surface area (TPSA) is 250 Å². The van der Waals surface area contributed by atoms with E-state index in [1.807, 2.05) is 0 Å². The van der Waals surface area contributed by atoms with Crippen LogP contribution in [0.25, 0.3) is 0 Å². The van der Waals surface area contributed by atoms with E-state index in [4.69, 9.17) is 17.2 Å². The summed E-state index contributed by atoms with van der Waals surface area (Å²) in [7, 11) is -12.0. The number of unbranched alkanes of at least 4 members (excludes halogenated alkanes) is 9. The van der Waals surface area contributed by atoms with Crippen LogP contribution < -0.4 is 17.2 Å². The van der Waals surface area contributed by atoms with Crippen LogP contribution in [0.3, 0.4) is 0 Å². The fourth-order valence-corrected chi connectivity index (χ4v) is 4.00. The second-order valence-electron chi connectivity index (χ2n) is 7.39. The molecule has 0 unspecified atom stereocenters. The van der Waals surface area contributed by atoms with Crippen molar-refractivity contribution >= 4 is 47.7 Å². The van der Waals surface area contributed by atoms with Crippen LogP contribution in [0.15, 0.2) is 0 Å². The van der Waals surface area contributed by atoms with E-state index in [1.54, 1.807) is 0 Å². The maximum Gasteiger partial charge on any atom is 3.00 e. The molecule has 0 aromatic carbocycles. The van der Waals surface area contributed by atoms with E-state index in [-0.39, 0.29) is 34.6 Å². The zero-order valence-electron chi connectivity index (χ0n) is 19.9. The van der Waals surface area contributed by atoms with Gasteiger partial charge in [0.15, 0.2) is 0 Å². The van der Waals surface area contributed by atoms with Crippen molar-refractivity contribution in [2.45, 2.75) is 77.0 Å². The van der Waals surface area contributed by atoms with Crippen molar-refractivity contribution in [1.29, 1.82) is 0 Å². The minimum Gasteiger partial charge on any atom is -0.748 e. The molecule has 34 heavy (non-hydrogen) atoms. The first-order valence-electron chi connectivity index (χ1n) is 11.1. The van der Waals surface area contributed by atoms with Gasteiger partial charge in [0.25, 0.3) is 0 Å². The molecule has 0 bridgehead atoms. The Morgan fingerprint density at radius 3 is 0.706 bits per heavy atom. The van der Waals surface area contributed by atoms with Gasteiger partial charge in [-0.15, -0.1) is 0 Å². The first-order valence-corrected chi connectivity index (χ1v) is 15.8. The van der Waals surface area contributed by atoms with E-state index in [2.05, 4.69) is 0 Å². The Morgan fingerprint density at radius 2 is 0.559 bits per heavy atom. The van der Waals surface area contributed by atoms with Crippen molar-refractivity contribution in [3.63, 3.8) is 0 Å². The number of hydrogen-bond acceptors (Lipinski definition) is 12. The molecule has 0 aliphatic rings. The molecule has 0 aliphatic carbocycles. The Labute approximate surface area is 217 Å². The predicted octanol–water partition coefficient (Wildman–Crippen LogP) is -0.229. The fraction of sp³-hybridized carbons (Fsp3) is 1.00. The molecule has 0 saturated heterocycles. The van der Waals surface area contributed by atoms with Crippen molar-refractivity contribution < 1.29 is 38.9 Å². The molecule has 0 aliphatic heterocycles. The molecule has 0 rings (SSSR count). The van der Waals surface area contributed by atoms with Gasteiger partial charge in [0, 0.05) is 17.3 Å². The normalized spacial score (nSPS) is 11.5. The first kappa shape index (κ1) is 41.3. The average Bonchev–Trinajstić information content (AvgIpc) is 2.66. The molecule has 0 radical (unpaired) electrons. The van der Waals surface area contributed by atoms with Crippen molar-refractivity contribution in [3.8, 4) is 0 Å². The molecule has 12 nitrogen and oxygen atoms in total. The Kier molecular flexibility index (Phi) is 31.8. The van der Waals surface area contributed by atoms with Crippen LogP contribution in [0.5, 0.6) is 0 Å². The molecule has 0 atom stereocenters.